The Labute approximate surface area is 662 Å². The Morgan fingerprint density at radius 1 is 0.250 bits per heavy atom. The van der Waals surface area contributed by atoms with Crippen molar-refractivity contribution in [3.05, 3.63) is 83.9 Å². The Kier molecular flexibility index (Phi) is 101. The predicted molar refractivity (Wildman–Crippen MR) is 443 cm³/mol. The maximum Gasteiger partial charge on any atom is 0.184 e. The highest BCUT2D eigenvalue weighted by Gasteiger charge is 2.14. The van der Waals surface area contributed by atoms with Crippen molar-refractivity contribution in [2.75, 3.05) is 202 Å². The van der Waals surface area contributed by atoms with E-state index in [2.05, 4.69) is 85.2 Å². The van der Waals surface area contributed by atoms with Crippen LogP contribution >= 0.6 is 0 Å². The molecule has 0 radical (unpaired) electrons. The topological polar surface area (TPSA) is 185 Å². The summed E-state index contributed by atoms with van der Waals surface area (Å²) < 4.78 is 104. The van der Waals surface area contributed by atoms with Crippen LogP contribution in [0.1, 0.15) is 266 Å². The van der Waals surface area contributed by atoms with Crippen molar-refractivity contribution in [3.8, 4) is 0 Å². The minimum atomic E-state index is -0.406. The van der Waals surface area contributed by atoms with Gasteiger partial charge >= 0.3 is 0 Å². The highest BCUT2D eigenvalue weighted by molar-refractivity contribution is 5.85. The van der Waals surface area contributed by atoms with Crippen LogP contribution in [0.4, 0.5) is 0 Å². The van der Waals surface area contributed by atoms with E-state index in [1.54, 1.807) is 49.8 Å². The zero-order valence-electron chi connectivity index (χ0n) is 72.3. The van der Waals surface area contributed by atoms with Gasteiger partial charge in [-0.3, -0.25) is 0 Å². The lowest BCUT2D eigenvalue weighted by Crippen LogP contribution is -2.14. The molecule has 0 fully saturated rings. The Balaban J connectivity index is -0.000000600. The van der Waals surface area contributed by atoms with Crippen molar-refractivity contribution in [2.24, 2.45) is 11.8 Å². The zero-order valence-corrected chi connectivity index (χ0v) is 72.3. The van der Waals surface area contributed by atoms with Gasteiger partial charge < -0.3 is 94.7 Å². The van der Waals surface area contributed by atoms with Crippen molar-refractivity contribution in [2.45, 2.75) is 261 Å². The van der Waals surface area contributed by atoms with Gasteiger partial charge in [0.05, 0.1) is 85.9 Å². The molecule has 20 heteroatoms. The first kappa shape index (κ1) is 111. The van der Waals surface area contributed by atoms with Gasteiger partial charge in [0.25, 0.3) is 0 Å². The predicted octanol–water partition coefficient (Wildman–Crippen LogP) is 21.3. The molecule has 20 nitrogen and oxygen atoms in total. The van der Waals surface area contributed by atoms with Gasteiger partial charge in [0.15, 0.2) is 18.9 Å². The molecule has 0 aliphatic carbocycles. The molecule has 0 aliphatic rings. The summed E-state index contributed by atoms with van der Waals surface area (Å²) in [6.45, 7) is 36.0. The first-order valence-corrected chi connectivity index (χ1v) is 41.7. The molecule has 0 aliphatic heterocycles. The van der Waals surface area contributed by atoms with Crippen molar-refractivity contribution < 1.29 is 94.7 Å². The van der Waals surface area contributed by atoms with Gasteiger partial charge in [-0.15, -0.1) is 0 Å². The second-order valence-corrected chi connectivity index (χ2v) is 26.5. The average molecular weight is 1550 g/mol. The van der Waals surface area contributed by atoms with Gasteiger partial charge in [-0.2, -0.15) is 0 Å². The summed E-state index contributed by atoms with van der Waals surface area (Å²) in [5, 5.41) is 2.31. The maximum atomic E-state index is 5.85. The monoisotopic (exact) mass is 1550 g/mol. The molecule has 0 saturated heterocycles. The second-order valence-electron chi connectivity index (χ2n) is 26.5. The summed E-state index contributed by atoms with van der Waals surface area (Å²) >= 11 is 0. The van der Waals surface area contributed by atoms with Crippen molar-refractivity contribution in [1.82, 2.24) is 0 Å². The molecule has 0 saturated carbocycles. The van der Waals surface area contributed by atoms with Crippen LogP contribution in [0.2, 0.25) is 0 Å². The van der Waals surface area contributed by atoms with E-state index in [-0.39, 0.29) is 12.6 Å². The third-order valence-corrected chi connectivity index (χ3v) is 16.3. The fourth-order valence-electron chi connectivity index (χ4n) is 10.2. The molecule has 0 aromatic heterocycles. The third kappa shape index (κ3) is 85.5. The van der Waals surface area contributed by atoms with E-state index in [9.17, 15) is 0 Å². The molecule has 5 atom stereocenters. The standard InChI is InChI=1S/C21H30O5.C17H28O2.C15H32O2.C10H22O2.C9H20O4.C9H20O2.C7H16O3/c1-3-11-23-12-13-24-14-15-25-16-17-26-21(22-2)20-10-6-8-18-7-4-5-9-19(18)20;1-3-4-5-6-7-8-12-15-19-17(18-2)16-13-10-9-11-14-16;1-3-4-5-6-7-8-9-10-11-12-13-14-17-15-16-2;1-5-6-9(2)7-8-12-10(3)11-4;1-3-4-11-5-6-12-7-8-13-9-10-2;1-4-5-9(2)6-7-11-8-10-3;1-3-4-9-5-6-10-7-8-2/h4-10,21H,3,11-17H2,1-2H3;9-11,13-14,17H,3-8,12,15H2,1-2H3;3-15H2,1-2H3;9-10H,5-8H2,1-4H3;3-9H2,1-2H3;9H,4-8H2,1-3H3;3-7H2,1-2H3. The van der Waals surface area contributed by atoms with Crippen LogP contribution in [-0.4, -0.2) is 209 Å². The number of methoxy groups -OCH3 is 7. The van der Waals surface area contributed by atoms with E-state index >= 15 is 0 Å². The first-order valence-electron chi connectivity index (χ1n) is 41.7. The van der Waals surface area contributed by atoms with E-state index in [0.29, 0.717) is 106 Å². The first-order chi connectivity index (χ1) is 53.0. The molecule has 5 unspecified atom stereocenters. The van der Waals surface area contributed by atoms with E-state index in [4.69, 9.17) is 90.0 Å². The molecule has 640 valence electrons. The lowest BCUT2D eigenvalue weighted by atomic mass is 10.0. The molecule has 0 amide bonds. The molecule has 3 aromatic carbocycles. The molecule has 0 spiro atoms. The quantitative estimate of drug-likeness (QED) is 0.0383. The van der Waals surface area contributed by atoms with Crippen LogP contribution < -0.4 is 0 Å². The van der Waals surface area contributed by atoms with E-state index < -0.39 is 6.29 Å². The van der Waals surface area contributed by atoms with Gasteiger partial charge in [0, 0.05) is 101 Å². The summed E-state index contributed by atoms with van der Waals surface area (Å²) in [6, 6.07) is 24.5. The SMILES string of the molecule is CCCC(C)CCOC(C)OC.CCCC(C)CCOCOC.CCCCCCCCCCCCCOCOC.CCCCCCCCCOC(OC)c1ccccc1.CCCOCCOCCOCCOC(OC)c1cccc2ccccc12.CCCOCCOCCOCOC.CCCOCCOCOC. The molecule has 3 aromatic rings. The summed E-state index contributed by atoms with van der Waals surface area (Å²) in [4.78, 5) is 0. The Hall–Kier alpha value is -2.88. The molecule has 0 heterocycles. The zero-order chi connectivity index (χ0) is 80.2. The van der Waals surface area contributed by atoms with Crippen LogP contribution in [-0.2, 0) is 94.7 Å². The molecule has 0 bridgehead atoms. The van der Waals surface area contributed by atoms with Crippen LogP contribution in [0, 0.1) is 11.8 Å². The van der Waals surface area contributed by atoms with Crippen LogP contribution in [0.3, 0.4) is 0 Å². The average Bonchev–Trinajstić information content (AvgIpc) is 0.817. The van der Waals surface area contributed by atoms with Crippen LogP contribution in [0.15, 0.2) is 72.8 Å². The molecule has 0 N–H and O–H groups in total. The number of rotatable bonds is 70. The van der Waals surface area contributed by atoms with Gasteiger partial charge in [0.1, 0.15) is 27.2 Å². The van der Waals surface area contributed by atoms with Crippen molar-refractivity contribution >= 4 is 10.8 Å². The molecular weight excluding hydrogens is 1380 g/mol. The fourth-order valence-corrected chi connectivity index (χ4v) is 10.2. The smallest absolute Gasteiger partial charge is 0.184 e. The summed E-state index contributed by atoms with van der Waals surface area (Å²) in [5.41, 5.74) is 2.12. The number of hydrogen-bond acceptors (Lipinski definition) is 20. The van der Waals surface area contributed by atoms with Crippen molar-refractivity contribution in [1.29, 1.82) is 0 Å². The van der Waals surface area contributed by atoms with Gasteiger partial charge in [-0.1, -0.05) is 264 Å². The lowest BCUT2D eigenvalue weighted by molar-refractivity contribution is -0.138. The lowest BCUT2D eigenvalue weighted by Gasteiger charge is -2.18. The van der Waals surface area contributed by atoms with E-state index in [0.717, 1.165) is 113 Å². The maximum absolute atomic E-state index is 5.85. The number of ether oxygens (including phenoxy) is 20. The van der Waals surface area contributed by atoms with Gasteiger partial charge in [-0.05, 0) is 74.5 Å². The largest absolute Gasteiger partial charge is 0.379 e. The highest BCUT2D eigenvalue weighted by Crippen LogP contribution is 2.27. The summed E-state index contributed by atoms with van der Waals surface area (Å²) in [7, 11) is 11.5. The summed E-state index contributed by atoms with van der Waals surface area (Å²) in [5.74, 6) is 1.57. The van der Waals surface area contributed by atoms with Crippen LogP contribution in [0.25, 0.3) is 10.8 Å². The number of fused-ring (bicyclic) bond motifs is 1. The fraction of sp³-hybridized carbons (Fsp3) is 0.818. The Morgan fingerprint density at radius 2 is 0.602 bits per heavy atom. The molecular formula is C88H168O20. The minimum absolute atomic E-state index is 0.0566. The minimum Gasteiger partial charge on any atom is -0.379 e. The third-order valence-electron chi connectivity index (χ3n) is 16.3. The molecule has 3 rings (SSSR count). The normalized spacial score (nSPS) is 12.3. The number of hydrogen-bond donors (Lipinski definition) is 0. The van der Waals surface area contributed by atoms with Gasteiger partial charge in [-0.25, -0.2) is 0 Å². The van der Waals surface area contributed by atoms with Gasteiger partial charge in [0.2, 0.25) is 0 Å². The Bertz CT molecular complexity index is 2010. The highest BCUT2D eigenvalue weighted by atomic mass is 16.7. The van der Waals surface area contributed by atoms with E-state index in [1.165, 1.54) is 140 Å². The molecule has 108 heavy (non-hydrogen) atoms. The second kappa shape index (κ2) is 98.3. The number of benzene rings is 3. The summed E-state index contributed by atoms with van der Waals surface area (Å²) in [6.07, 6.45) is 34.2. The Morgan fingerprint density at radius 3 is 1.02 bits per heavy atom. The van der Waals surface area contributed by atoms with Crippen LogP contribution in [0.5, 0.6) is 0 Å². The van der Waals surface area contributed by atoms with Crippen molar-refractivity contribution in [3.63, 3.8) is 0 Å². The van der Waals surface area contributed by atoms with E-state index in [1.807, 2.05) is 61.5 Å². The number of unbranched alkanes of at least 4 members (excludes halogenated alkanes) is 16.